The van der Waals surface area contributed by atoms with Crippen molar-refractivity contribution in [3.8, 4) is 0 Å². The molecule has 2 nitrogen and oxygen atoms in total. The Hall–Kier alpha value is -0.450. The molecule has 96 valence electrons. The van der Waals surface area contributed by atoms with E-state index in [1.807, 2.05) is 20.0 Å². The molecule has 0 radical (unpaired) electrons. The molecule has 0 aliphatic rings. The molecule has 0 heterocycles. The minimum atomic E-state index is -0.174. The Labute approximate surface area is 111 Å². The van der Waals surface area contributed by atoms with Crippen LogP contribution in [0.4, 0.5) is 4.39 Å². The second-order valence-electron chi connectivity index (χ2n) is 4.32. The molecule has 1 rings (SSSR count). The average Bonchev–Trinajstić information content (AvgIpc) is 2.22. The van der Waals surface area contributed by atoms with E-state index in [1.54, 1.807) is 13.2 Å². The van der Waals surface area contributed by atoms with E-state index >= 15 is 0 Å². The Morgan fingerprint density at radius 3 is 2.76 bits per heavy atom. The van der Waals surface area contributed by atoms with Crippen molar-refractivity contribution in [1.29, 1.82) is 0 Å². The van der Waals surface area contributed by atoms with Gasteiger partial charge in [-0.2, -0.15) is 0 Å². The zero-order valence-electron chi connectivity index (χ0n) is 10.5. The van der Waals surface area contributed by atoms with Crippen molar-refractivity contribution in [1.82, 2.24) is 4.90 Å². The predicted octanol–water partition coefficient (Wildman–Crippen LogP) is 2.98. The number of rotatable bonds is 6. The fraction of sp³-hybridized carbons (Fsp3) is 0.538. The van der Waals surface area contributed by atoms with Gasteiger partial charge in [-0.1, -0.05) is 22.0 Å². The molecular formula is C13H19BrFNO. The first-order valence-corrected chi connectivity index (χ1v) is 6.51. The monoisotopic (exact) mass is 303 g/mol. The number of nitrogens with zero attached hydrogens (tertiary/aromatic N) is 1. The van der Waals surface area contributed by atoms with Crippen molar-refractivity contribution in [3.63, 3.8) is 0 Å². The van der Waals surface area contributed by atoms with Crippen LogP contribution in [0.3, 0.4) is 0 Å². The summed E-state index contributed by atoms with van der Waals surface area (Å²) in [6, 6.07) is 4.93. The van der Waals surface area contributed by atoms with Crippen molar-refractivity contribution in [2.45, 2.75) is 18.3 Å². The summed E-state index contributed by atoms with van der Waals surface area (Å²) >= 11 is 3.56. The molecule has 0 aromatic heterocycles. The van der Waals surface area contributed by atoms with Crippen LogP contribution in [0.2, 0.25) is 0 Å². The number of alkyl halides is 1. The highest BCUT2D eigenvalue weighted by molar-refractivity contribution is 9.09. The molecule has 1 unspecified atom stereocenters. The molecule has 0 bridgehead atoms. The van der Waals surface area contributed by atoms with E-state index in [4.69, 9.17) is 4.74 Å². The van der Waals surface area contributed by atoms with E-state index in [0.717, 1.165) is 24.2 Å². The standard InChI is InChI=1S/C13H19BrFNO/c1-10-6-13(15)5-4-11(10)7-16(2)8-12(14)9-17-3/h4-6,12H,7-9H2,1-3H3. The van der Waals surface area contributed by atoms with Gasteiger partial charge in [0.2, 0.25) is 0 Å². The quantitative estimate of drug-likeness (QED) is 0.749. The first-order chi connectivity index (χ1) is 8.02. The van der Waals surface area contributed by atoms with Crippen LogP contribution < -0.4 is 0 Å². The van der Waals surface area contributed by atoms with Gasteiger partial charge < -0.3 is 9.64 Å². The Bertz CT molecular complexity index is 359. The first-order valence-electron chi connectivity index (χ1n) is 5.59. The zero-order chi connectivity index (χ0) is 12.8. The normalized spacial score (nSPS) is 13.1. The summed E-state index contributed by atoms with van der Waals surface area (Å²) in [5, 5.41) is 0. The van der Waals surface area contributed by atoms with E-state index < -0.39 is 0 Å². The molecule has 0 saturated heterocycles. The van der Waals surface area contributed by atoms with Crippen LogP contribution in [0.5, 0.6) is 0 Å². The topological polar surface area (TPSA) is 12.5 Å². The van der Waals surface area contributed by atoms with E-state index in [1.165, 1.54) is 6.07 Å². The van der Waals surface area contributed by atoms with Crippen molar-refractivity contribution < 1.29 is 9.13 Å². The van der Waals surface area contributed by atoms with Crippen LogP contribution in [-0.2, 0) is 11.3 Å². The minimum absolute atomic E-state index is 0.174. The van der Waals surface area contributed by atoms with Crippen molar-refractivity contribution in [2.24, 2.45) is 0 Å². The Morgan fingerprint density at radius 1 is 1.47 bits per heavy atom. The second-order valence-corrected chi connectivity index (χ2v) is 5.62. The number of ether oxygens (including phenoxy) is 1. The van der Waals surface area contributed by atoms with Crippen LogP contribution in [-0.4, -0.2) is 37.0 Å². The minimum Gasteiger partial charge on any atom is -0.383 e. The summed E-state index contributed by atoms with van der Waals surface area (Å²) in [5.41, 5.74) is 2.15. The third-order valence-electron chi connectivity index (χ3n) is 2.60. The number of aryl methyl sites for hydroxylation is 1. The highest BCUT2D eigenvalue weighted by Crippen LogP contribution is 2.13. The molecule has 0 N–H and O–H groups in total. The number of benzene rings is 1. The van der Waals surface area contributed by atoms with Crippen molar-refractivity contribution >= 4 is 15.9 Å². The lowest BCUT2D eigenvalue weighted by Gasteiger charge is -2.20. The molecule has 0 fully saturated rings. The van der Waals surface area contributed by atoms with E-state index in [0.29, 0.717) is 11.4 Å². The van der Waals surface area contributed by atoms with Gasteiger partial charge in [0.25, 0.3) is 0 Å². The average molecular weight is 304 g/mol. The smallest absolute Gasteiger partial charge is 0.123 e. The predicted molar refractivity (Wildman–Crippen MR) is 72.1 cm³/mol. The molecule has 17 heavy (non-hydrogen) atoms. The Morgan fingerprint density at radius 2 is 2.18 bits per heavy atom. The summed E-state index contributed by atoms with van der Waals surface area (Å²) < 4.78 is 18.0. The Kier molecular flexibility index (Phi) is 6.09. The molecule has 0 spiro atoms. The van der Waals surface area contributed by atoms with Crippen LogP contribution in [0.15, 0.2) is 18.2 Å². The molecule has 0 amide bonds. The highest BCUT2D eigenvalue weighted by Gasteiger charge is 2.09. The lowest BCUT2D eigenvalue weighted by atomic mass is 10.1. The molecule has 0 saturated carbocycles. The SMILES string of the molecule is COCC(Br)CN(C)Cc1ccc(F)cc1C. The van der Waals surface area contributed by atoms with E-state index in [-0.39, 0.29) is 5.82 Å². The first kappa shape index (κ1) is 14.6. The van der Waals surface area contributed by atoms with Gasteiger partial charge >= 0.3 is 0 Å². The molecular weight excluding hydrogens is 285 g/mol. The lowest BCUT2D eigenvalue weighted by molar-refractivity contribution is 0.185. The van der Waals surface area contributed by atoms with E-state index in [2.05, 4.69) is 20.8 Å². The fourth-order valence-corrected chi connectivity index (χ4v) is 2.52. The largest absolute Gasteiger partial charge is 0.383 e. The van der Waals surface area contributed by atoms with Gasteiger partial charge in [0, 0.05) is 20.2 Å². The maximum absolute atomic E-state index is 13.0. The van der Waals surface area contributed by atoms with Crippen LogP contribution in [0.25, 0.3) is 0 Å². The zero-order valence-corrected chi connectivity index (χ0v) is 12.1. The fourth-order valence-electron chi connectivity index (χ4n) is 1.76. The van der Waals surface area contributed by atoms with Crippen molar-refractivity contribution in [3.05, 3.63) is 35.1 Å². The third kappa shape index (κ3) is 5.15. The summed E-state index contributed by atoms with van der Waals surface area (Å²) in [7, 11) is 3.74. The highest BCUT2D eigenvalue weighted by atomic mass is 79.9. The summed E-state index contributed by atoms with van der Waals surface area (Å²) in [6.07, 6.45) is 0. The molecule has 0 aliphatic heterocycles. The molecule has 4 heteroatoms. The lowest BCUT2D eigenvalue weighted by Crippen LogP contribution is -2.28. The van der Waals surface area contributed by atoms with Crippen LogP contribution in [0, 0.1) is 12.7 Å². The maximum Gasteiger partial charge on any atom is 0.123 e. The number of hydrogen-bond acceptors (Lipinski definition) is 2. The molecule has 1 atom stereocenters. The van der Waals surface area contributed by atoms with Gasteiger partial charge in [0.15, 0.2) is 0 Å². The van der Waals surface area contributed by atoms with Gasteiger partial charge in [0.05, 0.1) is 11.4 Å². The number of halogens is 2. The van der Waals surface area contributed by atoms with Crippen LogP contribution >= 0.6 is 15.9 Å². The maximum atomic E-state index is 13.0. The Balaban J connectivity index is 2.52. The number of hydrogen-bond donors (Lipinski definition) is 0. The third-order valence-corrected chi connectivity index (χ3v) is 3.16. The molecule has 1 aromatic carbocycles. The van der Waals surface area contributed by atoms with Gasteiger partial charge in [-0.3, -0.25) is 0 Å². The number of methoxy groups -OCH3 is 1. The molecule has 0 aliphatic carbocycles. The van der Waals surface area contributed by atoms with Gasteiger partial charge in [-0.15, -0.1) is 0 Å². The second kappa shape index (κ2) is 7.09. The van der Waals surface area contributed by atoms with Gasteiger partial charge in [-0.05, 0) is 37.2 Å². The van der Waals surface area contributed by atoms with Crippen molar-refractivity contribution in [2.75, 3.05) is 27.3 Å². The van der Waals surface area contributed by atoms with E-state index in [9.17, 15) is 4.39 Å². The molecule has 1 aromatic rings. The summed E-state index contributed by atoms with van der Waals surface area (Å²) in [6.45, 7) is 4.34. The summed E-state index contributed by atoms with van der Waals surface area (Å²) in [5.74, 6) is -0.174. The van der Waals surface area contributed by atoms with Crippen LogP contribution in [0.1, 0.15) is 11.1 Å². The van der Waals surface area contributed by atoms with Gasteiger partial charge in [0.1, 0.15) is 5.82 Å². The summed E-state index contributed by atoms with van der Waals surface area (Å²) in [4.78, 5) is 2.51. The van der Waals surface area contributed by atoms with Gasteiger partial charge in [-0.25, -0.2) is 4.39 Å².